The number of hydrogen-bond donors (Lipinski definition) is 1. The molecule has 1 heterocycles. The molecule has 19 heavy (non-hydrogen) atoms. The predicted octanol–water partition coefficient (Wildman–Crippen LogP) is 2.28. The summed E-state index contributed by atoms with van der Waals surface area (Å²) in [7, 11) is 1.91. The Hall–Kier alpha value is -1.68. The summed E-state index contributed by atoms with van der Waals surface area (Å²) < 4.78 is 1.81. The third kappa shape index (κ3) is 3.01. The van der Waals surface area contributed by atoms with E-state index < -0.39 is 0 Å². The molecule has 0 spiro atoms. The summed E-state index contributed by atoms with van der Waals surface area (Å²) in [4.78, 5) is 4.53. The van der Waals surface area contributed by atoms with E-state index in [0.29, 0.717) is 6.54 Å². The first-order chi connectivity index (χ1) is 8.91. The molecule has 2 aromatic rings. The number of aromatic nitrogens is 3. The van der Waals surface area contributed by atoms with Crippen LogP contribution in [0, 0.1) is 0 Å². The third-order valence-electron chi connectivity index (χ3n) is 3.23. The number of aryl methyl sites for hydroxylation is 1. The first kappa shape index (κ1) is 13.7. The van der Waals surface area contributed by atoms with E-state index in [1.807, 2.05) is 7.05 Å². The normalized spacial score (nSPS) is 11.8. The Kier molecular flexibility index (Phi) is 3.71. The Morgan fingerprint density at radius 2 is 1.79 bits per heavy atom. The van der Waals surface area contributed by atoms with E-state index in [-0.39, 0.29) is 5.41 Å². The first-order valence-corrected chi connectivity index (χ1v) is 6.62. The highest BCUT2D eigenvalue weighted by Crippen LogP contribution is 2.24. The zero-order valence-electron chi connectivity index (χ0n) is 12.1. The zero-order valence-corrected chi connectivity index (χ0v) is 12.1. The fraction of sp³-hybridized carbons (Fsp3) is 0.467. The lowest BCUT2D eigenvalue weighted by atomic mass is 9.87. The second-order valence-electron chi connectivity index (χ2n) is 5.84. The molecule has 0 unspecified atom stereocenters. The van der Waals surface area contributed by atoms with E-state index in [4.69, 9.17) is 5.73 Å². The minimum Gasteiger partial charge on any atom is -0.330 e. The van der Waals surface area contributed by atoms with Gasteiger partial charge in [0.15, 0.2) is 5.82 Å². The van der Waals surface area contributed by atoms with E-state index in [9.17, 15) is 0 Å². The van der Waals surface area contributed by atoms with Crippen LogP contribution in [0.4, 0.5) is 0 Å². The number of hydrogen-bond acceptors (Lipinski definition) is 3. The maximum absolute atomic E-state index is 5.56. The van der Waals surface area contributed by atoms with E-state index >= 15 is 0 Å². The minimum atomic E-state index is 0.167. The number of benzene rings is 1. The second-order valence-corrected chi connectivity index (χ2v) is 5.84. The summed E-state index contributed by atoms with van der Waals surface area (Å²) in [6.07, 6.45) is 0.754. The van der Waals surface area contributed by atoms with Crippen molar-refractivity contribution in [2.24, 2.45) is 12.8 Å². The van der Waals surface area contributed by atoms with Crippen molar-refractivity contribution >= 4 is 0 Å². The molecule has 0 atom stereocenters. The van der Waals surface area contributed by atoms with E-state index in [0.717, 1.165) is 23.6 Å². The Bertz CT molecular complexity index is 547. The monoisotopic (exact) mass is 258 g/mol. The standard InChI is InChI=1S/C15H22N4/c1-15(2,3)12-7-5-11(6-8-12)14-17-13(9-10-16)19(4)18-14/h5-8H,9-10,16H2,1-4H3. The summed E-state index contributed by atoms with van der Waals surface area (Å²) in [5.41, 5.74) is 8.09. The van der Waals surface area contributed by atoms with Gasteiger partial charge < -0.3 is 5.73 Å². The quantitative estimate of drug-likeness (QED) is 0.919. The van der Waals surface area contributed by atoms with Crippen molar-refractivity contribution in [3.8, 4) is 11.4 Å². The van der Waals surface area contributed by atoms with Crippen LogP contribution < -0.4 is 5.73 Å². The lowest BCUT2D eigenvalue weighted by molar-refractivity contribution is 0.590. The molecule has 0 bridgehead atoms. The molecule has 4 heteroatoms. The molecule has 0 amide bonds. The lowest BCUT2D eigenvalue weighted by Crippen LogP contribution is -2.10. The minimum absolute atomic E-state index is 0.167. The van der Waals surface area contributed by atoms with Crippen LogP contribution in [0.3, 0.4) is 0 Å². The average Bonchev–Trinajstić information content (AvgIpc) is 2.71. The largest absolute Gasteiger partial charge is 0.330 e. The van der Waals surface area contributed by atoms with Gasteiger partial charge in [-0.15, -0.1) is 0 Å². The highest BCUT2D eigenvalue weighted by molar-refractivity contribution is 5.55. The summed E-state index contributed by atoms with van der Waals surface area (Å²) in [5, 5.41) is 4.44. The van der Waals surface area contributed by atoms with Crippen LogP contribution in [0.25, 0.3) is 11.4 Å². The fourth-order valence-electron chi connectivity index (χ4n) is 2.01. The number of rotatable bonds is 3. The summed E-state index contributed by atoms with van der Waals surface area (Å²) in [6.45, 7) is 7.22. The molecule has 0 aliphatic carbocycles. The van der Waals surface area contributed by atoms with Crippen molar-refractivity contribution in [1.29, 1.82) is 0 Å². The van der Waals surface area contributed by atoms with Crippen LogP contribution in [0.5, 0.6) is 0 Å². The maximum atomic E-state index is 5.56. The van der Waals surface area contributed by atoms with Crippen LogP contribution in [0.2, 0.25) is 0 Å². The molecule has 4 nitrogen and oxygen atoms in total. The molecular formula is C15H22N4. The van der Waals surface area contributed by atoms with Crippen molar-refractivity contribution in [2.75, 3.05) is 6.54 Å². The van der Waals surface area contributed by atoms with E-state index in [1.54, 1.807) is 4.68 Å². The van der Waals surface area contributed by atoms with Gasteiger partial charge in [-0.1, -0.05) is 45.0 Å². The zero-order chi connectivity index (χ0) is 14.0. The SMILES string of the molecule is Cn1nc(-c2ccc(C(C)(C)C)cc2)nc1CCN. The topological polar surface area (TPSA) is 56.7 Å². The van der Waals surface area contributed by atoms with Crippen molar-refractivity contribution in [1.82, 2.24) is 14.8 Å². The lowest BCUT2D eigenvalue weighted by Gasteiger charge is -2.18. The average molecular weight is 258 g/mol. The highest BCUT2D eigenvalue weighted by atomic mass is 15.3. The Balaban J connectivity index is 2.30. The molecule has 0 aliphatic heterocycles. The molecule has 1 aromatic carbocycles. The van der Waals surface area contributed by atoms with Crippen molar-refractivity contribution < 1.29 is 0 Å². The van der Waals surface area contributed by atoms with Crippen molar-refractivity contribution in [3.05, 3.63) is 35.7 Å². The number of nitrogens with zero attached hydrogens (tertiary/aromatic N) is 3. The Labute approximate surface area is 114 Å². The molecule has 1 aromatic heterocycles. The van der Waals surface area contributed by atoms with Crippen LogP contribution in [-0.2, 0) is 18.9 Å². The van der Waals surface area contributed by atoms with Gasteiger partial charge in [0.1, 0.15) is 5.82 Å². The van der Waals surface area contributed by atoms with Crippen molar-refractivity contribution in [2.45, 2.75) is 32.6 Å². The van der Waals surface area contributed by atoms with Crippen LogP contribution in [0.1, 0.15) is 32.2 Å². The van der Waals surface area contributed by atoms with Gasteiger partial charge in [0.05, 0.1) is 0 Å². The summed E-state index contributed by atoms with van der Waals surface area (Å²) in [5.74, 6) is 1.70. The summed E-state index contributed by atoms with van der Waals surface area (Å²) >= 11 is 0. The number of nitrogens with two attached hydrogens (primary N) is 1. The van der Waals surface area contributed by atoms with Crippen molar-refractivity contribution in [3.63, 3.8) is 0 Å². The molecule has 0 radical (unpaired) electrons. The maximum Gasteiger partial charge on any atom is 0.181 e. The molecule has 2 N–H and O–H groups in total. The molecule has 0 saturated carbocycles. The van der Waals surface area contributed by atoms with Gasteiger partial charge in [-0.05, 0) is 17.5 Å². The molecule has 0 fully saturated rings. The van der Waals surface area contributed by atoms with Gasteiger partial charge >= 0.3 is 0 Å². The van der Waals surface area contributed by atoms with Gasteiger partial charge in [0.25, 0.3) is 0 Å². The van der Waals surface area contributed by atoms with Gasteiger partial charge in [0.2, 0.25) is 0 Å². The highest BCUT2D eigenvalue weighted by Gasteiger charge is 2.14. The van der Waals surface area contributed by atoms with Gasteiger partial charge in [0, 0.05) is 19.0 Å². The first-order valence-electron chi connectivity index (χ1n) is 6.62. The smallest absolute Gasteiger partial charge is 0.181 e. The molecule has 0 aliphatic rings. The fourth-order valence-corrected chi connectivity index (χ4v) is 2.01. The van der Waals surface area contributed by atoms with Gasteiger partial charge in [-0.2, -0.15) is 5.10 Å². The Morgan fingerprint density at radius 1 is 1.16 bits per heavy atom. The van der Waals surface area contributed by atoms with Gasteiger partial charge in [-0.3, -0.25) is 4.68 Å². The van der Waals surface area contributed by atoms with Crippen LogP contribution >= 0.6 is 0 Å². The third-order valence-corrected chi connectivity index (χ3v) is 3.23. The van der Waals surface area contributed by atoms with Crippen LogP contribution in [-0.4, -0.2) is 21.3 Å². The second kappa shape index (κ2) is 5.13. The summed E-state index contributed by atoms with van der Waals surface area (Å²) in [6, 6.07) is 8.47. The van der Waals surface area contributed by atoms with Crippen LogP contribution in [0.15, 0.2) is 24.3 Å². The molecular weight excluding hydrogens is 236 g/mol. The molecule has 0 saturated heterocycles. The van der Waals surface area contributed by atoms with Gasteiger partial charge in [-0.25, -0.2) is 4.98 Å². The van der Waals surface area contributed by atoms with E-state index in [2.05, 4.69) is 55.1 Å². The predicted molar refractivity (Wildman–Crippen MR) is 77.9 cm³/mol. The molecule has 102 valence electrons. The molecule has 2 rings (SSSR count). The van der Waals surface area contributed by atoms with E-state index in [1.165, 1.54) is 5.56 Å². The Morgan fingerprint density at radius 3 is 2.32 bits per heavy atom.